The van der Waals surface area contributed by atoms with E-state index in [0.717, 1.165) is 6.42 Å². The van der Waals surface area contributed by atoms with Gasteiger partial charge in [0.1, 0.15) is 7.05 Å². The Morgan fingerprint density at radius 3 is 2.24 bits per heavy atom. The van der Waals surface area contributed by atoms with Gasteiger partial charge in [-0.05, 0) is 76.1 Å². The van der Waals surface area contributed by atoms with E-state index in [2.05, 4.69) is 125 Å². The summed E-state index contributed by atoms with van der Waals surface area (Å²) in [4.78, 5) is 0. The van der Waals surface area contributed by atoms with Crippen LogP contribution in [0.1, 0.15) is 62.8 Å². The van der Waals surface area contributed by atoms with Gasteiger partial charge in [-0.2, -0.15) is 0 Å². The Balaban J connectivity index is 1.79. The molecule has 2 heteroatoms. The van der Waals surface area contributed by atoms with Crippen LogP contribution in [0.25, 0.3) is 59.8 Å². The van der Waals surface area contributed by atoms with Gasteiger partial charge in [0.25, 0.3) is 0 Å². The standard InChI is InChI=1S/C36H37N2/c1-20(2)25-11-13-27-28-14-10-24-15-16-37(8)35-31-21(3)29-17-23(19-36(5,6)7)9-12-26(29)22(4)33(31)38(30(27)18-25)34(28)32(24)35/h9-18,20H,19H2,1-8H3/q+1. The first kappa shape index (κ1) is 23.5. The van der Waals surface area contributed by atoms with Crippen LogP contribution in [0.15, 0.2) is 60.8 Å². The third kappa shape index (κ3) is 3.10. The highest BCUT2D eigenvalue weighted by Crippen LogP contribution is 2.44. The van der Waals surface area contributed by atoms with Gasteiger partial charge in [0.2, 0.25) is 5.52 Å². The van der Waals surface area contributed by atoms with Crippen LogP contribution in [-0.4, -0.2) is 4.40 Å². The van der Waals surface area contributed by atoms with Gasteiger partial charge in [-0.25, -0.2) is 4.57 Å². The van der Waals surface area contributed by atoms with Gasteiger partial charge in [0.05, 0.1) is 27.3 Å². The second kappa shape index (κ2) is 7.69. The van der Waals surface area contributed by atoms with Crippen molar-refractivity contribution in [1.82, 2.24) is 4.40 Å². The van der Waals surface area contributed by atoms with E-state index in [9.17, 15) is 0 Å². The highest BCUT2D eigenvalue weighted by molar-refractivity contribution is 6.28. The minimum absolute atomic E-state index is 0.256. The van der Waals surface area contributed by atoms with E-state index in [1.165, 1.54) is 82.0 Å². The molecule has 0 radical (unpaired) electrons. The number of hydrogen-bond acceptors (Lipinski definition) is 0. The van der Waals surface area contributed by atoms with Gasteiger partial charge >= 0.3 is 0 Å². The second-order valence-corrected chi connectivity index (χ2v) is 13.1. The molecule has 0 saturated carbocycles. The molecule has 38 heavy (non-hydrogen) atoms. The van der Waals surface area contributed by atoms with Crippen LogP contribution < -0.4 is 4.57 Å². The summed E-state index contributed by atoms with van der Waals surface area (Å²) in [5, 5.41) is 9.49. The van der Waals surface area contributed by atoms with Crippen LogP contribution in [0.2, 0.25) is 0 Å². The molecule has 190 valence electrons. The second-order valence-electron chi connectivity index (χ2n) is 13.1. The van der Waals surface area contributed by atoms with Crippen LogP contribution in [0, 0.1) is 19.3 Å². The van der Waals surface area contributed by atoms with E-state index in [-0.39, 0.29) is 5.41 Å². The number of benzene rings is 4. The first-order valence-electron chi connectivity index (χ1n) is 14.0. The normalized spacial score (nSPS) is 13.1. The summed E-state index contributed by atoms with van der Waals surface area (Å²) in [6.07, 6.45) is 3.31. The van der Waals surface area contributed by atoms with Crippen molar-refractivity contribution in [3.63, 3.8) is 0 Å². The van der Waals surface area contributed by atoms with E-state index in [4.69, 9.17) is 0 Å². The van der Waals surface area contributed by atoms with Crippen molar-refractivity contribution in [3.8, 4) is 0 Å². The summed E-state index contributed by atoms with van der Waals surface area (Å²) >= 11 is 0. The Hall–Kier alpha value is -3.65. The fourth-order valence-electron chi connectivity index (χ4n) is 7.01. The number of pyridine rings is 2. The zero-order valence-corrected chi connectivity index (χ0v) is 24.0. The molecule has 7 rings (SSSR count). The monoisotopic (exact) mass is 497 g/mol. The molecule has 3 aromatic heterocycles. The molecular weight excluding hydrogens is 460 g/mol. The summed E-state index contributed by atoms with van der Waals surface area (Å²) in [5.74, 6) is 0.485. The summed E-state index contributed by atoms with van der Waals surface area (Å²) in [5.41, 5.74) is 11.2. The van der Waals surface area contributed by atoms with Gasteiger partial charge in [0.15, 0.2) is 6.20 Å². The third-order valence-electron chi connectivity index (χ3n) is 8.77. The molecule has 0 spiro atoms. The molecule has 0 atom stereocenters. The van der Waals surface area contributed by atoms with Crippen molar-refractivity contribution in [2.24, 2.45) is 12.5 Å². The Morgan fingerprint density at radius 1 is 0.763 bits per heavy atom. The predicted molar refractivity (Wildman–Crippen MR) is 164 cm³/mol. The topological polar surface area (TPSA) is 8.29 Å². The lowest BCUT2D eigenvalue weighted by Gasteiger charge is -2.20. The van der Waals surface area contributed by atoms with Crippen molar-refractivity contribution >= 4 is 59.8 Å². The molecule has 7 aromatic rings. The lowest BCUT2D eigenvalue weighted by atomic mass is 9.86. The molecule has 0 aliphatic heterocycles. The highest BCUT2D eigenvalue weighted by atomic mass is 15.0. The number of fused-ring (bicyclic) bond motifs is 7. The molecule has 2 nitrogen and oxygen atoms in total. The Bertz CT molecular complexity index is 2080. The average Bonchev–Trinajstić information content (AvgIpc) is 3.20. The Morgan fingerprint density at radius 2 is 1.50 bits per heavy atom. The largest absolute Gasteiger partial charge is 0.307 e. The van der Waals surface area contributed by atoms with Crippen molar-refractivity contribution in [2.45, 2.75) is 60.8 Å². The summed E-state index contributed by atoms with van der Waals surface area (Å²) < 4.78 is 4.95. The molecule has 4 aromatic carbocycles. The van der Waals surface area contributed by atoms with Crippen molar-refractivity contribution in [2.75, 3.05) is 0 Å². The third-order valence-corrected chi connectivity index (χ3v) is 8.77. The van der Waals surface area contributed by atoms with Crippen molar-refractivity contribution < 1.29 is 4.57 Å². The van der Waals surface area contributed by atoms with Crippen LogP contribution in [0.5, 0.6) is 0 Å². The Kier molecular flexibility index (Phi) is 4.75. The quantitative estimate of drug-likeness (QED) is 0.128. The maximum atomic E-state index is 2.60. The molecule has 0 unspecified atom stereocenters. The molecule has 0 aliphatic rings. The average molecular weight is 498 g/mol. The van der Waals surface area contributed by atoms with E-state index >= 15 is 0 Å². The summed E-state index contributed by atoms with van der Waals surface area (Å²) in [6, 6.07) is 21.2. The van der Waals surface area contributed by atoms with Crippen molar-refractivity contribution in [1.29, 1.82) is 0 Å². The molecule has 0 bridgehead atoms. The summed E-state index contributed by atoms with van der Waals surface area (Å²) in [7, 11) is 2.21. The molecule has 0 saturated heterocycles. The van der Waals surface area contributed by atoms with Crippen LogP contribution in [-0.2, 0) is 13.5 Å². The van der Waals surface area contributed by atoms with Gasteiger partial charge < -0.3 is 4.40 Å². The molecule has 0 fully saturated rings. The summed E-state index contributed by atoms with van der Waals surface area (Å²) in [6.45, 7) is 16.2. The van der Waals surface area contributed by atoms with Gasteiger partial charge in [-0.3, -0.25) is 0 Å². The molecule has 0 aliphatic carbocycles. The first-order valence-corrected chi connectivity index (χ1v) is 14.0. The lowest BCUT2D eigenvalue weighted by molar-refractivity contribution is -0.643. The SMILES string of the molecule is Cc1c2cc(CC(C)(C)C)ccc2c(C)c2c1c1c3c(ccc4c5ccc(C(C)C)cc5n2c43)cc[n+]1C. The molecular formula is C36H37N2+. The molecule has 0 N–H and O–H groups in total. The smallest absolute Gasteiger partial charge is 0.224 e. The van der Waals surface area contributed by atoms with Crippen molar-refractivity contribution in [3.05, 3.63) is 83.0 Å². The number of hydrogen-bond donors (Lipinski definition) is 0. The van der Waals surface area contributed by atoms with Crippen LogP contribution in [0.3, 0.4) is 0 Å². The first-order chi connectivity index (χ1) is 18.0. The predicted octanol–water partition coefficient (Wildman–Crippen LogP) is 9.30. The van der Waals surface area contributed by atoms with E-state index < -0.39 is 0 Å². The zero-order chi connectivity index (χ0) is 26.7. The number of aromatic nitrogens is 2. The van der Waals surface area contributed by atoms with Crippen LogP contribution >= 0.6 is 0 Å². The number of aryl methyl sites for hydroxylation is 3. The van der Waals surface area contributed by atoms with Gasteiger partial charge in [0, 0.05) is 16.8 Å². The van der Waals surface area contributed by atoms with Crippen LogP contribution in [0.4, 0.5) is 0 Å². The zero-order valence-electron chi connectivity index (χ0n) is 24.0. The van der Waals surface area contributed by atoms with E-state index in [0.29, 0.717) is 5.92 Å². The molecule has 0 amide bonds. The van der Waals surface area contributed by atoms with Gasteiger partial charge in [-0.1, -0.05) is 77.1 Å². The lowest BCUT2D eigenvalue weighted by Crippen LogP contribution is -2.29. The highest BCUT2D eigenvalue weighted by Gasteiger charge is 2.26. The number of rotatable bonds is 2. The minimum atomic E-state index is 0.256. The van der Waals surface area contributed by atoms with E-state index in [1.807, 2.05) is 0 Å². The fraction of sp³-hybridized carbons (Fsp3) is 0.306. The maximum absolute atomic E-state index is 2.60. The Labute approximate surface area is 224 Å². The minimum Gasteiger partial charge on any atom is -0.307 e. The van der Waals surface area contributed by atoms with E-state index in [1.54, 1.807) is 0 Å². The number of nitrogens with zero attached hydrogens (tertiary/aromatic N) is 2. The van der Waals surface area contributed by atoms with Gasteiger partial charge in [-0.15, -0.1) is 0 Å². The molecule has 3 heterocycles. The fourth-order valence-corrected chi connectivity index (χ4v) is 7.01. The maximum Gasteiger partial charge on any atom is 0.224 e.